The Morgan fingerprint density at radius 3 is 2.78 bits per heavy atom. The number of thiophene rings is 1. The highest BCUT2D eigenvalue weighted by molar-refractivity contribution is 7.16. The molecule has 2 aliphatic carbocycles. The van der Waals surface area contributed by atoms with E-state index in [1.54, 1.807) is 17.5 Å². The van der Waals surface area contributed by atoms with Crippen LogP contribution < -0.4 is 21.1 Å². The Labute approximate surface area is 294 Å². The number of likely N-dealkylation sites (N-methyl/N-ethyl adjacent to an activating group) is 1. The zero-order valence-electron chi connectivity index (χ0n) is 28.6. The molecule has 1 fully saturated rings. The molecule has 4 N–H and O–H groups in total. The number of nitrogens with zero attached hydrogens (tertiary/aromatic N) is 9. The van der Waals surface area contributed by atoms with Crippen LogP contribution in [-0.2, 0) is 18.3 Å². The number of nitrogens with two attached hydrogens (primary N) is 2. The van der Waals surface area contributed by atoms with Crippen molar-refractivity contribution in [2.24, 2.45) is 0 Å². The number of rotatable bonds is 4. The summed E-state index contributed by atoms with van der Waals surface area (Å²) in [4.78, 5) is 20.8. The van der Waals surface area contributed by atoms with Gasteiger partial charge in [0.25, 0.3) is 0 Å². The molecule has 5 aromatic heterocycles. The smallest absolute Gasteiger partial charge is 0.186 e. The molecular formula is C36H41N11O2S. The van der Waals surface area contributed by atoms with Crippen LogP contribution in [0.2, 0.25) is 0 Å². The summed E-state index contributed by atoms with van der Waals surface area (Å²) in [5.41, 5.74) is 17.3. The summed E-state index contributed by atoms with van der Waals surface area (Å²) in [6, 6.07) is 4.55. The maximum atomic E-state index is 10.2. The molecule has 2 aliphatic heterocycles. The number of aromatic nitrogens is 6. The SMILES string of the molecule is CC1c2c(ccnc2N)OCCN1c1nc(-c2noc3c2CCCC32CCCc3sc(N)c(C#N)c32)nc2c1cnn2C(C)C1CCCN1C. The molecule has 1 spiro atoms. The first-order valence-electron chi connectivity index (χ1n) is 17.7. The van der Waals surface area contributed by atoms with Gasteiger partial charge in [-0.05, 0) is 90.4 Å². The number of hydrogen-bond donors (Lipinski definition) is 2. The number of fused-ring (bicyclic) bond motifs is 6. The van der Waals surface area contributed by atoms with Crippen molar-refractivity contribution in [1.82, 2.24) is 34.8 Å². The molecule has 13 nitrogen and oxygen atoms in total. The van der Waals surface area contributed by atoms with Gasteiger partial charge in [-0.15, -0.1) is 11.3 Å². The number of nitrogen functional groups attached to an aromatic ring is 2. The Bertz CT molecular complexity index is 2180. The first kappa shape index (κ1) is 31.3. The molecule has 14 heteroatoms. The van der Waals surface area contributed by atoms with Crippen LogP contribution in [0.1, 0.15) is 97.3 Å². The van der Waals surface area contributed by atoms with E-state index in [-0.39, 0.29) is 12.1 Å². The van der Waals surface area contributed by atoms with E-state index >= 15 is 0 Å². The molecule has 50 heavy (non-hydrogen) atoms. The number of pyridine rings is 1. The topological polar surface area (TPSA) is 174 Å². The van der Waals surface area contributed by atoms with Crippen LogP contribution in [0.4, 0.5) is 16.6 Å². The van der Waals surface area contributed by atoms with Gasteiger partial charge in [0.2, 0.25) is 0 Å². The number of ether oxygens (including phenoxy) is 1. The third-order valence-electron chi connectivity index (χ3n) is 11.8. The highest BCUT2D eigenvalue weighted by Crippen LogP contribution is 2.55. The summed E-state index contributed by atoms with van der Waals surface area (Å²) in [5, 5.41) is 21.4. The molecule has 0 bridgehead atoms. The molecule has 0 saturated carbocycles. The fourth-order valence-electron chi connectivity index (χ4n) is 9.37. The van der Waals surface area contributed by atoms with E-state index in [0.717, 1.165) is 103 Å². The summed E-state index contributed by atoms with van der Waals surface area (Å²) in [5.74, 6) is 3.25. The second-order valence-electron chi connectivity index (χ2n) is 14.3. The van der Waals surface area contributed by atoms with E-state index in [1.807, 2.05) is 12.3 Å². The van der Waals surface area contributed by atoms with Crippen molar-refractivity contribution in [1.29, 1.82) is 5.26 Å². The molecule has 5 aromatic rings. The van der Waals surface area contributed by atoms with Crippen molar-refractivity contribution >= 4 is 39.0 Å². The van der Waals surface area contributed by atoms with E-state index in [1.165, 1.54) is 4.88 Å². The molecule has 0 aromatic carbocycles. The molecule has 4 aliphatic rings. The van der Waals surface area contributed by atoms with Gasteiger partial charge in [-0.1, -0.05) is 5.16 Å². The number of nitriles is 1. The molecule has 4 unspecified atom stereocenters. The van der Waals surface area contributed by atoms with Gasteiger partial charge in [0, 0.05) is 22.7 Å². The average molecular weight is 692 g/mol. The van der Waals surface area contributed by atoms with Crippen LogP contribution in [0.5, 0.6) is 5.75 Å². The second kappa shape index (κ2) is 11.7. The van der Waals surface area contributed by atoms with E-state index in [0.29, 0.717) is 47.1 Å². The van der Waals surface area contributed by atoms with E-state index in [2.05, 4.69) is 46.4 Å². The summed E-state index contributed by atoms with van der Waals surface area (Å²) in [6.45, 7) is 6.44. The summed E-state index contributed by atoms with van der Waals surface area (Å²) >= 11 is 1.55. The van der Waals surface area contributed by atoms with Gasteiger partial charge in [-0.25, -0.2) is 19.6 Å². The molecule has 9 rings (SSSR count). The minimum Gasteiger partial charge on any atom is -0.491 e. The summed E-state index contributed by atoms with van der Waals surface area (Å²) in [7, 11) is 2.19. The van der Waals surface area contributed by atoms with Crippen molar-refractivity contribution in [2.45, 2.75) is 88.8 Å². The van der Waals surface area contributed by atoms with Crippen molar-refractivity contribution < 1.29 is 9.26 Å². The average Bonchev–Trinajstić information content (AvgIpc) is 3.89. The number of hydrogen-bond acceptors (Lipinski definition) is 13. The van der Waals surface area contributed by atoms with Crippen molar-refractivity contribution in [2.75, 3.05) is 43.1 Å². The van der Waals surface area contributed by atoms with Gasteiger partial charge < -0.3 is 30.5 Å². The molecule has 0 radical (unpaired) electrons. The zero-order valence-corrected chi connectivity index (χ0v) is 29.5. The van der Waals surface area contributed by atoms with Crippen LogP contribution in [0, 0.1) is 11.3 Å². The van der Waals surface area contributed by atoms with Gasteiger partial charge in [-0.3, -0.25) is 0 Å². The lowest BCUT2D eigenvalue weighted by atomic mass is 9.63. The first-order chi connectivity index (χ1) is 24.3. The van der Waals surface area contributed by atoms with Crippen molar-refractivity contribution in [3.05, 3.63) is 51.4 Å². The number of likely N-dealkylation sites (tertiary alicyclic amines) is 1. The molecule has 1 saturated heterocycles. The Kier molecular flexibility index (Phi) is 7.29. The minimum absolute atomic E-state index is 0.0877. The Hall–Kier alpha value is -4.74. The second-order valence-corrected chi connectivity index (χ2v) is 15.5. The fourth-order valence-corrected chi connectivity index (χ4v) is 10.5. The lowest BCUT2D eigenvalue weighted by Crippen LogP contribution is -2.35. The standard InChI is InChI=1S/C36H41N11O2S/c1-19(24-8-6-14-45(24)3)47-35-23(18-41-47)34(46-15-16-48-25-10-13-40-31(38)27(25)20(46)2)42-33(43-35)29-21-7-4-11-36(30(21)49-44-29)12-5-9-26-28(36)22(17-37)32(39)50-26/h10,13,18-20,24H,4-9,11-12,14-16,39H2,1-3H3,(H2,38,40). The Morgan fingerprint density at radius 2 is 1.98 bits per heavy atom. The van der Waals surface area contributed by atoms with Crippen LogP contribution in [0.15, 0.2) is 23.0 Å². The summed E-state index contributed by atoms with van der Waals surface area (Å²) < 4.78 is 14.6. The maximum Gasteiger partial charge on any atom is 0.186 e. The van der Waals surface area contributed by atoms with Crippen LogP contribution in [0.3, 0.4) is 0 Å². The van der Waals surface area contributed by atoms with E-state index < -0.39 is 5.41 Å². The van der Waals surface area contributed by atoms with Crippen molar-refractivity contribution in [3.63, 3.8) is 0 Å². The predicted octanol–water partition coefficient (Wildman–Crippen LogP) is 5.55. The Balaban J connectivity index is 1.23. The molecule has 0 amide bonds. The third kappa shape index (κ3) is 4.48. The lowest BCUT2D eigenvalue weighted by molar-refractivity contribution is 0.232. The first-order valence-corrected chi connectivity index (χ1v) is 18.5. The van der Waals surface area contributed by atoms with Gasteiger partial charge >= 0.3 is 0 Å². The number of anilines is 3. The quantitative estimate of drug-likeness (QED) is 0.241. The predicted molar refractivity (Wildman–Crippen MR) is 191 cm³/mol. The minimum atomic E-state index is -0.438. The molecule has 7 heterocycles. The zero-order chi connectivity index (χ0) is 34.3. The van der Waals surface area contributed by atoms with Gasteiger partial charge in [0.1, 0.15) is 35.1 Å². The third-order valence-corrected chi connectivity index (χ3v) is 12.8. The lowest BCUT2D eigenvalue weighted by Gasteiger charge is -2.39. The Morgan fingerprint density at radius 1 is 1.14 bits per heavy atom. The largest absolute Gasteiger partial charge is 0.491 e. The van der Waals surface area contributed by atoms with Crippen LogP contribution >= 0.6 is 11.3 Å². The highest BCUT2D eigenvalue weighted by Gasteiger charge is 2.49. The van der Waals surface area contributed by atoms with Crippen LogP contribution in [-0.4, -0.2) is 67.6 Å². The monoisotopic (exact) mass is 691 g/mol. The summed E-state index contributed by atoms with van der Waals surface area (Å²) in [6.07, 6.45) is 11.3. The van der Waals surface area contributed by atoms with Crippen LogP contribution in [0.25, 0.3) is 22.6 Å². The molecular weight excluding hydrogens is 651 g/mol. The van der Waals surface area contributed by atoms with E-state index in [4.69, 9.17) is 41.0 Å². The van der Waals surface area contributed by atoms with Crippen molar-refractivity contribution in [3.8, 4) is 23.3 Å². The maximum absolute atomic E-state index is 10.2. The molecule has 258 valence electrons. The fraction of sp³-hybridized carbons (Fsp3) is 0.500. The molecule has 4 atom stereocenters. The van der Waals surface area contributed by atoms with Gasteiger partial charge in [0.05, 0.1) is 46.8 Å². The normalized spacial score (nSPS) is 24.0. The highest BCUT2D eigenvalue weighted by atomic mass is 32.1. The van der Waals surface area contributed by atoms with Gasteiger partial charge in [0.15, 0.2) is 22.9 Å². The number of aryl methyl sites for hydroxylation is 1. The van der Waals surface area contributed by atoms with E-state index in [9.17, 15) is 5.26 Å². The van der Waals surface area contributed by atoms with Gasteiger partial charge in [-0.2, -0.15) is 10.4 Å².